The van der Waals surface area contributed by atoms with E-state index in [0.29, 0.717) is 16.7 Å². The fraction of sp³-hybridized carbons (Fsp3) is 0.591. The molecule has 1 fully saturated rings. The second-order valence-electron chi connectivity index (χ2n) is 9.31. The Kier molecular flexibility index (Phi) is 5.02. The summed E-state index contributed by atoms with van der Waals surface area (Å²) in [6.07, 6.45) is 4.19. The van der Waals surface area contributed by atoms with Gasteiger partial charge in [0, 0.05) is 12.6 Å². The molecule has 6 heteroatoms. The standard InChI is InChI=1S/C22H30N2O4/c1-13(19(26)27)17-15-11-24(20(28)23-5)18(25)14(15)7-8-16(17)22(4)10-6-9-21(2,3)12-22/h7-8,13H,6,9-12H2,1-5H3,(H,23,28)(H,26,27)/t13-,22+/m1/s1. The predicted molar refractivity (Wildman–Crippen MR) is 106 cm³/mol. The summed E-state index contributed by atoms with van der Waals surface area (Å²) in [6, 6.07) is 3.24. The summed E-state index contributed by atoms with van der Waals surface area (Å²) in [7, 11) is 1.48. The third kappa shape index (κ3) is 3.29. The number of benzene rings is 1. The van der Waals surface area contributed by atoms with E-state index in [1.54, 1.807) is 13.0 Å². The summed E-state index contributed by atoms with van der Waals surface area (Å²) in [4.78, 5) is 37.9. The Hall–Kier alpha value is -2.37. The van der Waals surface area contributed by atoms with Crippen molar-refractivity contribution in [2.75, 3.05) is 7.05 Å². The van der Waals surface area contributed by atoms with Gasteiger partial charge in [-0.05, 0) is 59.8 Å². The Balaban J connectivity index is 2.18. The molecule has 1 aromatic carbocycles. The van der Waals surface area contributed by atoms with E-state index >= 15 is 0 Å². The molecule has 0 bridgehead atoms. The number of amides is 3. The van der Waals surface area contributed by atoms with Crippen molar-refractivity contribution in [3.63, 3.8) is 0 Å². The largest absolute Gasteiger partial charge is 0.481 e. The van der Waals surface area contributed by atoms with E-state index in [4.69, 9.17) is 0 Å². The van der Waals surface area contributed by atoms with Gasteiger partial charge in [0.2, 0.25) is 0 Å². The zero-order chi connectivity index (χ0) is 20.9. The number of urea groups is 1. The van der Waals surface area contributed by atoms with E-state index in [2.05, 4.69) is 26.1 Å². The zero-order valence-electron chi connectivity index (χ0n) is 17.4. The van der Waals surface area contributed by atoms with E-state index in [1.165, 1.54) is 7.05 Å². The van der Waals surface area contributed by atoms with E-state index < -0.39 is 17.9 Å². The highest BCUT2D eigenvalue weighted by molar-refractivity contribution is 6.08. The minimum absolute atomic E-state index is 0.119. The van der Waals surface area contributed by atoms with Gasteiger partial charge in [0.1, 0.15) is 0 Å². The zero-order valence-corrected chi connectivity index (χ0v) is 17.4. The number of fused-ring (bicyclic) bond motifs is 1. The van der Waals surface area contributed by atoms with Crippen LogP contribution in [0.1, 0.15) is 86.3 Å². The quantitative estimate of drug-likeness (QED) is 0.821. The first kappa shape index (κ1) is 20.4. The highest BCUT2D eigenvalue weighted by atomic mass is 16.4. The monoisotopic (exact) mass is 386 g/mol. The number of rotatable bonds is 3. The van der Waals surface area contributed by atoms with Crippen LogP contribution in [-0.2, 0) is 16.8 Å². The number of carbonyl (C=O) groups is 3. The maximum atomic E-state index is 12.7. The molecule has 28 heavy (non-hydrogen) atoms. The molecule has 2 aliphatic rings. The number of nitrogens with zero attached hydrogens (tertiary/aromatic N) is 1. The van der Waals surface area contributed by atoms with Gasteiger partial charge in [0.25, 0.3) is 5.91 Å². The average Bonchev–Trinajstić information content (AvgIpc) is 2.95. The molecule has 1 saturated carbocycles. The van der Waals surface area contributed by atoms with Gasteiger partial charge >= 0.3 is 12.0 Å². The van der Waals surface area contributed by atoms with Crippen LogP contribution in [0, 0.1) is 5.41 Å². The van der Waals surface area contributed by atoms with Crippen LogP contribution in [-0.4, -0.2) is 35.0 Å². The number of hydrogen-bond acceptors (Lipinski definition) is 3. The van der Waals surface area contributed by atoms with Gasteiger partial charge in [-0.2, -0.15) is 0 Å². The first-order valence-electron chi connectivity index (χ1n) is 9.93. The van der Waals surface area contributed by atoms with Crippen molar-refractivity contribution in [1.29, 1.82) is 0 Å². The molecule has 1 heterocycles. The van der Waals surface area contributed by atoms with Crippen LogP contribution in [0.4, 0.5) is 4.79 Å². The Morgan fingerprint density at radius 2 is 1.89 bits per heavy atom. The lowest BCUT2D eigenvalue weighted by atomic mass is 9.60. The Morgan fingerprint density at radius 1 is 1.21 bits per heavy atom. The molecular weight excluding hydrogens is 356 g/mol. The van der Waals surface area contributed by atoms with E-state index in [1.807, 2.05) is 6.07 Å². The molecule has 152 valence electrons. The lowest BCUT2D eigenvalue weighted by molar-refractivity contribution is -0.138. The summed E-state index contributed by atoms with van der Waals surface area (Å²) in [5, 5.41) is 12.3. The number of carboxylic acids is 1. The minimum Gasteiger partial charge on any atom is -0.481 e. The molecule has 0 aromatic heterocycles. The predicted octanol–water partition coefficient (Wildman–Crippen LogP) is 4.03. The van der Waals surface area contributed by atoms with Gasteiger partial charge in [0.15, 0.2) is 0 Å². The van der Waals surface area contributed by atoms with Crippen molar-refractivity contribution in [3.8, 4) is 0 Å². The normalized spacial score (nSPS) is 24.6. The average molecular weight is 386 g/mol. The molecular formula is C22H30N2O4. The maximum absolute atomic E-state index is 12.7. The Labute approximate surface area is 166 Å². The molecule has 3 amide bonds. The molecule has 6 nitrogen and oxygen atoms in total. The highest BCUT2D eigenvalue weighted by Crippen LogP contribution is 2.50. The second kappa shape index (κ2) is 6.90. The highest BCUT2D eigenvalue weighted by Gasteiger charge is 2.43. The third-order valence-electron chi connectivity index (χ3n) is 6.51. The van der Waals surface area contributed by atoms with Crippen LogP contribution < -0.4 is 5.32 Å². The lowest BCUT2D eigenvalue weighted by Gasteiger charge is -2.44. The smallest absolute Gasteiger partial charge is 0.324 e. The van der Waals surface area contributed by atoms with Crippen molar-refractivity contribution in [1.82, 2.24) is 10.2 Å². The third-order valence-corrected chi connectivity index (χ3v) is 6.51. The number of nitrogens with one attached hydrogen (secondary N) is 1. The first-order chi connectivity index (χ1) is 13.0. The minimum atomic E-state index is -0.917. The lowest BCUT2D eigenvalue weighted by Crippen LogP contribution is -2.38. The second-order valence-corrected chi connectivity index (χ2v) is 9.31. The fourth-order valence-corrected chi connectivity index (χ4v) is 5.27. The Morgan fingerprint density at radius 3 is 2.46 bits per heavy atom. The van der Waals surface area contributed by atoms with E-state index in [0.717, 1.165) is 36.1 Å². The van der Waals surface area contributed by atoms with Gasteiger partial charge in [-0.3, -0.25) is 14.5 Å². The summed E-state index contributed by atoms with van der Waals surface area (Å²) in [6.45, 7) is 8.52. The van der Waals surface area contributed by atoms with Crippen LogP contribution in [0.2, 0.25) is 0 Å². The fourth-order valence-electron chi connectivity index (χ4n) is 5.27. The van der Waals surface area contributed by atoms with Crippen LogP contribution in [0.5, 0.6) is 0 Å². The van der Waals surface area contributed by atoms with E-state index in [-0.39, 0.29) is 23.3 Å². The molecule has 1 aromatic rings. The molecule has 0 unspecified atom stereocenters. The van der Waals surface area contributed by atoms with Crippen LogP contribution >= 0.6 is 0 Å². The molecule has 0 radical (unpaired) electrons. The molecule has 0 spiro atoms. The summed E-state index contributed by atoms with van der Waals surface area (Å²) >= 11 is 0. The number of carboxylic acid groups (broad SMARTS) is 1. The van der Waals surface area contributed by atoms with Gasteiger partial charge in [-0.25, -0.2) is 4.79 Å². The molecule has 3 rings (SSSR count). The van der Waals surface area contributed by atoms with Gasteiger partial charge < -0.3 is 10.4 Å². The van der Waals surface area contributed by atoms with Crippen molar-refractivity contribution >= 4 is 17.9 Å². The van der Waals surface area contributed by atoms with Crippen LogP contribution in [0.25, 0.3) is 0 Å². The number of imide groups is 1. The summed E-state index contributed by atoms with van der Waals surface area (Å²) in [5.74, 6) is -2.03. The number of carbonyl (C=O) groups excluding carboxylic acids is 2. The van der Waals surface area contributed by atoms with Crippen molar-refractivity contribution in [3.05, 3.63) is 34.4 Å². The molecule has 1 aliphatic heterocycles. The molecule has 1 aliphatic carbocycles. The summed E-state index contributed by atoms with van der Waals surface area (Å²) < 4.78 is 0. The number of aliphatic carboxylic acids is 1. The molecule has 2 N–H and O–H groups in total. The summed E-state index contributed by atoms with van der Waals surface area (Å²) in [5.41, 5.74) is 2.88. The number of hydrogen-bond donors (Lipinski definition) is 2. The van der Waals surface area contributed by atoms with Crippen molar-refractivity contribution in [2.45, 2.75) is 71.3 Å². The maximum Gasteiger partial charge on any atom is 0.324 e. The topological polar surface area (TPSA) is 86.7 Å². The van der Waals surface area contributed by atoms with Crippen molar-refractivity contribution < 1.29 is 19.5 Å². The van der Waals surface area contributed by atoms with Gasteiger partial charge in [0.05, 0.1) is 12.5 Å². The first-order valence-corrected chi connectivity index (χ1v) is 9.93. The van der Waals surface area contributed by atoms with Gasteiger partial charge in [-0.15, -0.1) is 0 Å². The van der Waals surface area contributed by atoms with Gasteiger partial charge in [-0.1, -0.05) is 33.3 Å². The van der Waals surface area contributed by atoms with Crippen LogP contribution in [0.3, 0.4) is 0 Å². The van der Waals surface area contributed by atoms with Crippen LogP contribution in [0.15, 0.2) is 12.1 Å². The van der Waals surface area contributed by atoms with E-state index in [9.17, 15) is 19.5 Å². The SMILES string of the molecule is CNC(=O)N1Cc2c(ccc([C@@]3(C)CCCC(C)(C)C3)c2[C@@H](C)C(=O)O)C1=O. The van der Waals surface area contributed by atoms with Crippen molar-refractivity contribution in [2.24, 2.45) is 5.41 Å². The Bertz CT molecular complexity index is 845. The molecule has 2 atom stereocenters. The molecule has 0 saturated heterocycles.